The molecular formula is C20H21Br2NO6. The first-order chi connectivity index (χ1) is 13.6. The van der Waals surface area contributed by atoms with E-state index in [-0.39, 0.29) is 30.3 Å². The maximum atomic E-state index is 12.5. The standard InChI is InChI=1S/C20H21Br2NO6/c1-10(2)16(9-24)23-20(28)13-8-12(3-4-17(13)25)29-19-14(21)5-11(6-15(19)22)7-18(26)27/h3-6,8,10,16,24-25H,7,9H2,1-2H3,(H,23,28)(H,26,27)/t16-/m1/s1. The number of ether oxygens (including phenoxy) is 1. The van der Waals surface area contributed by atoms with Gasteiger partial charge in [-0.15, -0.1) is 0 Å². The molecule has 0 fully saturated rings. The predicted octanol–water partition coefficient (Wildman–Crippen LogP) is 4.08. The number of amides is 1. The molecule has 0 aromatic heterocycles. The lowest BCUT2D eigenvalue weighted by Gasteiger charge is -2.20. The van der Waals surface area contributed by atoms with E-state index in [1.54, 1.807) is 12.1 Å². The zero-order chi connectivity index (χ0) is 21.7. The zero-order valence-corrected chi connectivity index (χ0v) is 18.9. The molecule has 0 aliphatic rings. The minimum Gasteiger partial charge on any atom is -0.507 e. The summed E-state index contributed by atoms with van der Waals surface area (Å²) in [6.07, 6.45) is -0.136. The summed E-state index contributed by atoms with van der Waals surface area (Å²) < 4.78 is 6.90. The third-order valence-electron chi connectivity index (χ3n) is 4.16. The van der Waals surface area contributed by atoms with Crippen molar-refractivity contribution in [2.75, 3.05) is 6.61 Å². The average Bonchev–Trinajstić information content (AvgIpc) is 2.63. The number of aromatic hydroxyl groups is 1. The molecule has 0 radical (unpaired) electrons. The second-order valence-corrected chi connectivity index (χ2v) is 8.46. The van der Waals surface area contributed by atoms with Crippen LogP contribution < -0.4 is 10.1 Å². The summed E-state index contributed by atoms with van der Waals surface area (Å²) in [4.78, 5) is 23.4. The Morgan fingerprint density at radius 3 is 2.28 bits per heavy atom. The summed E-state index contributed by atoms with van der Waals surface area (Å²) in [6.45, 7) is 3.51. The third-order valence-corrected chi connectivity index (χ3v) is 5.34. The van der Waals surface area contributed by atoms with Crippen molar-refractivity contribution >= 4 is 43.7 Å². The van der Waals surface area contributed by atoms with Crippen molar-refractivity contribution in [3.05, 3.63) is 50.4 Å². The van der Waals surface area contributed by atoms with Crippen LogP contribution in [0.15, 0.2) is 39.3 Å². The zero-order valence-electron chi connectivity index (χ0n) is 15.8. The van der Waals surface area contributed by atoms with Crippen LogP contribution in [0.1, 0.15) is 29.8 Å². The molecule has 0 unspecified atom stereocenters. The van der Waals surface area contributed by atoms with Gasteiger partial charge in [0.2, 0.25) is 0 Å². The lowest BCUT2D eigenvalue weighted by atomic mass is 10.0. The van der Waals surface area contributed by atoms with Crippen LogP contribution in [0.5, 0.6) is 17.2 Å². The molecule has 0 aliphatic carbocycles. The maximum absolute atomic E-state index is 12.5. The van der Waals surface area contributed by atoms with Gasteiger partial charge in [-0.1, -0.05) is 13.8 Å². The molecular weight excluding hydrogens is 510 g/mol. The molecule has 0 aliphatic heterocycles. The molecule has 0 heterocycles. The summed E-state index contributed by atoms with van der Waals surface area (Å²) in [7, 11) is 0. The number of carboxylic acids is 1. The van der Waals surface area contributed by atoms with Gasteiger partial charge in [-0.3, -0.25) is 9.59 Å². The molecule has 0 spiro atoms. The molecule has 2 rings (SSSR count). The Morgan fingerprint density at radius 2 is 1.76 bits per heavy atom. The number of phenolic OH excluding ortho intramolecular Hbond substituents is 1. The van der Waals surface area contributed by atoms with E-state index in [1.165, 1.54) is 18.2 Å². The molecule has 4 N–H and O–H groups in total. The van der Waals surface area contributed by atoms with Crippen molar-refractivity contribution < 1.29 is 29.6 Å². The SMILES string of the molecule is CC(C)[C@@H](CO)NC(=O)c1cc(Oc2c(Br)cc(CC(=O)O)cc2Br)ccc1O. The van der Waals surface area contributed by atoms with Crippen molar-refractivity contribution in [1.29, 1.82) is 0 Å². The monoisotopic (exact) mass is 529 g/mol. The average molecular weight is 531 g/mol. The van der Waals surface area contributed by atoms with Gasteiger partial charge in [-0.05, 0) is 73.7 Å². The lowest BCUT2D eigenvalue weighted by Crippen LogP contribution is -2.41. The number of benzene rings is 2. The fraction of sp³-hybridized carbons (Fsp3) is 0.300. The van der Waals surface area contributed by atoms with Crippen molar-refractivity contribution in [3.63, 3.8) is 0 Å². The fourth-order valence-corrected chi connectivity index (χ4v) is 3.98. The molecule has 9 heteroatoms. The molecule has 7 nitrogen and oxygen atoms in total. The van der Waals surface area contributed by atoms with E-state index in [0.29, 0.717) is 26.0 Å². The number of carbonyl (C=O) groups is 2. The second kappa shape index (κ2) is 10.1. The van der Waals surface area contributed by atoms with Crippen LogP contribution in [0, 0.1) is 5.92 Å². The summed E-state index contributed by atoms with van der Waals surface area (Å²) in [5, 5.41) is 31.1. The minimum atomic E-state index is -0.950. The highest BCUT2D eigenvalue weighted by Crippen LogP contribution is 2.38. The molecule has 0 bridgehead atoms. The number of carbonyl (C=O) groups excluding carboxylic acids is 1. The van der Waals surface area contributed by atoms with Crippen LogP contribution in [0.3, 0.4) is 0 Å². The van der Waals surface area contributed by atoms with E-state index in [2.05, 4.69) is 37.2 Å². The van der Waals surface area contributed by atoms with Gasteiger partial charge in [-0.2, -0.15) is 0 Å². The van der Waals surface area contributed by atoms with Crippen LogP contribution in [-0.4, -0.2) is 39.8 Å². The molecule has 2 aromatic carbocycles. The van der Waals surface area contributed by atoms with Crippen molar-refractivity contribution in [2.24, 2.45) is 5.92 Å². The molecule has 2 aromatic rings. The van der Waals surface area contributed by atoms with Gasteiger partial charge in [0.25, 0.3) is 5.91 Å². The first-order valence-corrected chi connectivity index (χ1v) is 10.3. The van der Waals surface area contributed by atoms with Gasteiger partial charge in [0.1, 0.15) is 11.5 Å². The first kappa shape index (κ1) is 23.2. The molecule has 29 heavy (non-hydrogen) atoms. The van der Waals surface area contributed by atoms with Gasteiger partial charge >= 0.3 is 5.97 Å². The van der Waals surface area contributed by atoms with E-state index in [4.69, 9.17) is 9.84 Å². The fourth-order valence-electron chi connectivity index (χ4n) is 2.53. The molecule has 0 saturated heterocycles. The number of carboxylic acid groups (broad SMARTS) is 1. The van der Waals surface area contributed by atoms with Gasteiger partial charge in [0, 0.05) is 0 Å². The topological polar surface area (TPSA) is 116 Å². The van der Waals surface area contributed by atoms with Crippen molar-refractivity contribution in [2.45, 2.75) is 26.3 Å². The van der Waals surface area contributed by atoms with E-state index in [0.717, 1.165) is 0 Å². The van der Waals surface area contributed by atoms with Gasteiger partial charge in [-0.25, -0.2) is 0 Å². The number of hydrogen-bond acceptors (Lipinski definition) is 5. The molecule has 1 atom stereocenters. The summed E-state index contributed by atoms with van der Waals surface area (Å²) in [5.74, 6) is -0.992. The Labute approximate surface area is 185 Å². The minimum absolute atomic E-state index is 0.0105. The van der Waals surface area contributed by atoms with Crippen LogP contribution in [0.2, 0.25) is 0 Å². The number of aliphatic hydroxyl groups excluding tert-OH is 1. The second-order valence-electron chi connectivity index (χ2n) is 6.75. The summed E-state index contributed by atoms with van der Waals surface area (Å²) >= 11 is 6.72. The van der Waals surface area contributed by atoms with Gasteiger partial charge in [0.15, 0.2) is 5.75 Å². The normalized spacial score (nSPS) is 11.9. The van der Waals surface area contributed by atoms with E-state index >= 15 is 0 Å². The number of aliphatic carboxylic acids is 1. The summed E-state index contributed by atoms with van der Waals surface area (Å²) in [6, 6.07) is 7.06. The quantitative estimate of drug-likeness (QED) is 0.408. The van der Waals surface area contributed by atoms with E-state index < -0.39 is 17.9 Å². The van der Waals surface area contributed by atoms with Crippen LogP contribution in [-0.2, 0) is 11.2 Å². The highest BCUT2D eigenvalue weighted by atomic mass is 79.9. The van der Waals surface area contributed by atoms with Crippen molar-refractivity contribution in [1.82, 2.24) is 5.32 Å². The Bertz CT molecular complexity index is 893. The lowest BCUT2D eigenvalue weighted by molar-refractivity contribution is -0.136. The maximum Gasteiger partial charge on any atom is 0.307 e. The first-order valence-electron chi connectivity index (χ1n) is 8.74. The molecule has 0 saturated carbocycles. The van der Waals surface area contributed by atoms with E-state index in [9.17, 15) is 19.8 Å². The van der Waals surface area contributed by atoms with Crippen LogP contribution in [0.4, 0.5) is 0 Å². The highest BCUT2D eigenvalue weighted by Gasteiger charge is 2.20. The van der Waals surface area contributed by atoms with E-state index in [1.807, 2.05) is 13.8 Å². The Kier molecular flexibility index (Phi) is 8.06. The number of aliphatic hydroxyl groups is 1. The van der Waals surface area contributed by atoms with Crippen LogP contribution in [0.25, 0.3) is 0 Å². The highest BCUT2D eigenvalue weighted by molar-refractivity contribution is 9.11. The smallest absolute Gasteiger partial charge is 0.307 e. The number of phenols is 1. The number of rotatable bonds is 8. The van der Waals surface area contributed by atoms with Gasteiger partial charge < -0.3 is 25.4 Å². The van der Waals surface area contributed by atoms with Crippen molar-refractivity contribution in [3.8, 4) is 17.2 Å². The van der Waals surface area contributed by atoms with Gasteiger partial charge in [0.05, 0.1) is 33.6 Å². The Morgan fingerprint density at radius 1 is 1.14 bits per heavy atom. The Balaban J connectivity index is 2.28. The predicted molar refractivity (Wildman–Crippen MR) is 115 cm³/mol. The van der Waals surface area contributed by atoms with Crippen LogP contribution >= 0.6 is 31.9 Å². The Hall–Kier alpha value is -2.10. The number of halogens is 2. The number of hydrogen-bond donors (Lipinski definition) is 4. The number of nitrogens with one attached hydrogen (secondary N) is 1. The summed E-state index contributed by atoms with van der Waals surface area (Å²) in [5.41, 5.74) is 0.592. The largest absolute Gasteiger partial charge is 0.507 e. The molecule has 156 valence electrons. The third kappa shape index (κ3) is 6.19. The molecule has 1 amide bonds.